The van der Waals surface area contributed by atoms with Crippen molar-refractivity contribution >= 4 is 11.3 Å². The number of ether oxygens (including phenoxy) is 1. The van der Waals surface area contributed by atoms with E-state index in [1.54, 1.807) is 18.4 Å². The SMILES string of the molecule is COC(C1CCCCC1)C(O)c1ccc(C)s1. The van der Waals surface area contributed by atoms with Crippen LogP contribution in [-0.4, -0.2) is 18.3 Å². The van der Waals surface area contributed by atoms with Gasteiger partial charge < -0.3 is 9.84 Å². The van der Waals surface area contributed by atoms with Gasteiger partial charge in [0, 0.05) is 16.9 Å². The molecular formula is C14H22O2S. The molecule has 1 aliphatic carbocycles. The smallest absolute Gasteiger partial charge is 0.114 e. The number of hydrogen-bond acceptors (Lipinski definition) is 3. The lowest BCUT2D eigenvalue weighted by molar-refractivity contribution is -0.0544. The number of aliphatic hydroxyl groups excluding tert-OH is 1. The van der Waals surface area contributed by atoms with Crippen molar-refractivity contribution in [1.29, 1.82) is 0 Å². The maximum absolute atomic E-state index is 10.4. The molecule has 0 bridgehead atoms. The Labute approximate surface area is 108 Å². The predicted molar refractivity (Wildman–Crippen MR) is 71.4 cm³/mol. The summed E-state index contributed by atoms with van der Waals surface area (Å²) in [7, 11) is 1.73. The van der Waals surface area contributed by atoms with Gasteiger partial charge in [-0.2, -0.15) is 0 Å². The summed E-state index contributed by atoms with van der Waals surface area (Å²) >= 11 is 1.67. The third-order valence-electron chi connectivity index (χ3n) is 3.75. The summed E-state index contributed by atoms with van der Waals surface area (Å²) in [5.41, 5.74) is 0. The molecule has 0 radical (unpaired) electrons. The Kier molecular flexibility index (Phi) is 4.60. The number of methoxy groups -OCH3 is 1. The van der Waals surface area contributed by atoms with Crippen molar-refractivity contribution in [1.82, 2.24) is 0 Å². The van der Waals surface area contributed by atoms with Crippen LogP contribution >= 0.6 is 11.3 Å². The van der Waals surface area contributed by atoms with E-state index in [2.05, 4.69) is 13.0 Å². The van der Waals surface area contributed by atoms with Crippen molar-refractivity contribution in [3.05, 3.63) is 21.9 Å². The van der Waals surface area contributed by atoms with Crippen LogP contribution in [0.5, 0.6) is 0 Å². The van der Waals surface area contributed by atoms with Crippen LogP contribution in [0.2, 0.25) is 0 Å². The molecule has 0 aliphatic heterocycles. The average molecular weight is 254 g/mol. The normalized spacial score (nSPS) is 21.4. The predicted octanol–water partition coefficient (Wildman–Crippen LogP) is 3.69. The van der Waals surface area contributed by atoms with E-state index in [9.17, 15) is 5.11 Å². The molecule has 17 heavy (non-hydrogen) atoms. The Morgan fingerprint density at radius 2 is 2.00 bits per heavy atom. The van der Waals surface area contributed by atoms with Gasteiger partial charge in [-0.05, 0) is 37.8 Å². The number of thiophene rings is 1. The summed E-state index contributed by atoms with van der Waals surface area (Å²) in [5.74, 6) is 0.520. The van der Waals surface area contributed by atoms with E-state index in [0.717, 1.165) is 4.88 Å². The number of rotatable bonds is 4. The fourth-order valence-electron chi connectivity index (χ4n) is 2.82. The van der Waals surface area contributed by atoms with E-state index in [1.165, 1.54) is 37.0 Å². The minimum Gasteiger partial charge on any atom is -0.385 e. The van der Waals surface area contributed by atoms with Crippen molar-refractivity contribution in [2.24, 2.45) is 5.92 Å². The lowest BCUT2D eigenvalue weighted by Crippen LogP contribution is -2.30. The fourth-order valence-corrected chi connectivity index (χ4v) is 3.71. The molecule has 1 aromatic heterocycles. The zero-order chi connectivity index (χ0) is 12.3. The molecule has 2 unspecified atom stereocenters. The van der Waals surface area contributed by atoms with Crippen molar-refractivity contribution in [3.63, 3.8) is 0 Å². The molecule has 1 N–H and O–H groups in total. The fraction of sp³-hybridized carbons (Fsp3) is 0.714. The second-order valence-electron chi connectivity index (χ2n) is 4.99. The molecule has 0 spiro atoms. The minimum absolute atomic E-state index is 0.0339. The van der Waals surface area contributed by atoms with Crippen LogP contribution in [0.3, 0.4) is 0 Å². The molecule has 2 rings (SSSR count). The molecule has 0 aromatic carbocycles. The lowest BCUT2D eigenvalue weighted by atomic mass is 9.83. The Bertz CT molecular complexity index is 342. The highest BCUT2D eigenvalue weighted by Crippen LogP contribution is 2.35. The van der Waals surface area contributed by atoms with E-state index < -0.39 is 6.10 Å². The third kappa shape index (κ3) is 3.09. The van der Waals surface area contributed by atoms with Crippen LogP contribution in [0.4, 0.5) is 0 Å². The highest BCUT2D eigenvalue weighted by molar-refractivity contribution is 7.12. The van der Waals surface area contributed by atoms with Crippen molar-refractivity contribution in [2.45, 2.75) is 51.2 Å². The van der Waals surface area contributed by atoms with E-state index in [-0.39, 0.29) is 6.10 Å². The molecule has 1 saturated carbocycles. The van der Waals surface area contributed by atoms with Gasteiger partial charge in [0.25, 0.3) is 0 Å². The van der Waals surface area contributed by atoms with Crippen molar-refractivity contribution < 1.29 is 9.84 Å². The van der Waals surface area contributed by atoms with Crippen LogP contribution < -0.4 is 0 Å². The van der Waals surface area contributed by atoms with Gasteiger partial charge in [-0.25, -0.2) is 0 Å². The van der Waals surface area contributed by atoms with Crippen LogP contribution in [-0.2, 0) is 4.74 Å². The van der Waals surface area contributed by atoms with Gasteiger partial charge in [-0.15, -0.1) is 11.3 Å². The van der Waals surface area contributed by atoms with E-state index in [4.69, 9.17) is 4.74 Å². The van der Waals surface area contributed by atoms with E-state index >= 15 is 0 Å². The summed E-state index contributed by atoms with van der Waals surface area (Å²) in [4.78, 5) is 2.29. The van der Waals surface area contributed by atoms with Gasteiger partial charge in [0.1, 0.15) is 6.10 Å². The van der Waals surface area contributed by atoms with Crippen LogP contribution in [0.25, 0.3) is 0 Å². The maximum atomic E-state index is 10.4. The summed E-state index contributed by atoms with van der Waals surface area (Å²) in [5, 5.41) is 10.4. The van der Waals surface area contributed by atoms with Crippen molar-refractivity contribution in [3.8, 4) is 0 Å². The first-order valence-corrected chi connectivity index (χ1v) is 7.31. The molecule has 2 nitrogen and oxygen atoms in total. The van der Waals surface area contributed by atoms with Gasteiger partial charge >= 0.3 is 0 Å². The number of aliphatic hydroxyl groups is 1. The standard InChI is InChI=1S/C14H22O2S/c1-10-8-9-12(17-10)13(15)14(16-2)11-6-4-3-5-7-11/h8-9,11,13-15H,3-7H2,1-2H3. The first-order valence-electron chi connectivity index (χ1n) is 6.49. The summed E-state index contributed by atoms with van der Waals surface area (Å²) in [6.07, 6.45) is 5.79. The topological polar surface area (TPSA) is 29.5 Å². The van der Waals surface area contributed by atoms with Gasteiger partial charge in [-0.1, -0.05) is 19.3 Å². The summed E-state index contributed by atoms with van der Waals surface area (Å²) in [6.45, 7) is 2.07. The zero-order valence-electron chi connectivity index (χ0n) is 10.7. The molecular weight excluding hydrogens is 232 g/mol. The van der Waals surface area contributed by atoms with Crippen LogP contribution in [0.1, 0.15) is 48.0 Å². The maximum Gasteiger partial charge on any atom is 0.114 e. The lowest BCUT2D eigenvalue weighted by Gasteiger charge is -2.32. The summed E-state index contributed by atoms with van der Waals surface area (Å²) < 4.78 is 5.57. The van der Waals surface area contributed by atoms with Gasteiger partial charge in [-0.3, -0.25) is 0 Å². The van der Waals surface area contributed by atoms with E-state index in [1.807, 2.05) is 6.07 Å². The largest absolute Gasteiger partial charge is 0.385 e. The third-order valence-corrected chi connectivity index (χ3v) is 4.82. The molecule has 3 heteroatoms. The summed E-state index contributed by atoms with van der Waals surface area (Å²) in [6, 6.07) is 4.09. The van der Waals surface area contributed by atoms with Gasteiger partial charge in [0.2, 0.25) is 0 Å². The molecule has 1 fully saturated rings. The van der Waals surface area contributed by atoms with Crippen molar-refractivity contribution in [2.75, 3.05) is 7.11 Å². The molecule has 96 valence electrons. The monoisotopic (exact) mass is 254 g/mol. The second-order valence-corrected chi connectivity index (χ2v) is 6.31. The minimum atomic E-state index is -0.457. The molecule has 1 heterocycles. The quantitative estimate of drug-likeness (QED) is 0.888. The van der Waals surface area contributed by atoms with E-state index in [0.29, 0.717) is 5.92 Å². The first-order chi connectivity index (χ1) is 8.22. The second kappa shape index (κ2) is 5.98. The highest BCUT2D eigenvalue weighted by Gasteiger charge is 2.31. The molecule has 0 saturated heterocycles. The number of hydrogen-bond donors (Lipinski definition) is 1. The first kappa shape index (κ1) is 13.1. The Morgan fingerprint density at radius 3 is 2.53 bits per heavy atom. The van der Waals surface area contributed by atoms with Crippen LogP contribution in [0.15, 0.2) is 12.1 Å². The highest BCUT2D eigenvalue weighted by atomic mass is 32.1. The average Bonchev–Trinajstić information content (AvgIpc) is 2.78. The Hall–Kier alpha value is -0.380. The zero-order valence-corrected chi connectivity index (χ0v) is 11.5. The molecule has 2 atom stereocenters. The Morgan fingerprint density at radius 1 is 1.29 bits per heavy atom. The Balaban J connectivity index is 2.06. The number of aryl methyl sites for hydroxylation is 1. The molecule has 1 aromatic rings. The molecule has 1 aliphatic rings. The van der Waals surface area contributed by atoms with Gasteiger partial charge in [0.15, 0.2) is 0 Å². The van der Waals surface area contributed by atoms with Gasteiger partial charge in [0.05, 0.1) is 6.10 Å². The van der Waals surface area contributed by atoms with Crippen LogP contribution in [0, 0.1) is 12.8 Å². The molecule has 0 amide bonds.